The average molecular weight is 278 g/mol. The molecule has 0 aliphatic rings. The zero-order valence-electron chi connectivity index (χ0n) is 11.0. The van der Waals surface area contributed by atoms with Crippen LogP contribution >= 0.6 is 12.2 Å². The Kier molecular flexibility index (Phi) is 4.68. The molecule has 6 heteroatoms. The van der Waals surface area contributed by atoms with Gasteiger partial charge in [0, 0.05) is 25.5 Å². The minimum Gasteiger partial charge on any atom is -0.505 e. The van der Waals surface area contributed by atoms with Crippen LogP contribution in [0.4, 0.5) is 0 Å². The van der Waals surface area contributed by atoms with Crippen molar-refractivity contribution in [2.75, 3.05) is 0 Å². The highest BCUT2D eigenvalue weighted by atomic mass is 32.1. The van der Waals surface area contributed by atoms with Crippen molar-refractivity contribution >= 4 is 12.2 Å². The lowest BCUT2D eigenvalue weighted by Gasteiger charge is -2.07. The Balaban J connectivity index is 1.72. The van der Waals surface area contributed by atoms with Crippen LogP contribution in [0.15, 0.2) is 24.5 Å². The number of pyridine rings is 1. The van der Waals surface area contributed by atoms with Crippen molar-refractivity contribution in [2.45, 2.75) is 39.3 Å². The van der Waals surface area contributed by atoms with Gasteiger partial charge >= 0.3 is 0 Å². The minimum atomic E-state index is 0.176. The summed E-state index contributed by atoms with van der Waals surface area (Å²) in [5.41, 5.74) is 0.950. The summed E-state index contributed by atoms with van der Waals surface area (Å²) in [6.45, 7) is 3.67. The molecular formula is C13H18N4OS. The standard InChI is InChI=1S/C13H18N4OS/c1-11-10-17(15-14-11)9-4-2-3-7-16-8-5-6-12(18)13(16)19/h5-6,8,10,18H,2-4,7,9H2,1H3. The first-order chi connectivity index (χ1) is 9.16. The van der Waals surface area contributed by atoms with Crippen LogP contribution in [0, 0.1) is 11.6 Å². The summed E-state index contributed by atoms with van der Waals surface area (Å²) in [7, 11) is 0. The SMILES string of the molecule is Cc1cn(CCCCCn2cccc(O)c2=S)nn1. The van der Waals surface area contributed by atoms with Gasteiger partial charge < -0.3 is 9.67 Å². The van der Waals surface area contributed by atoms with Crippen molar-refractivity contribution in [3.8, 4) is 5.75 Å². The van der Waals surface area contributed by atoms with E-state index in [1.165, 1.54) is 0 Å². The van der Waals surface area contributed by atoms with Gasteiger partial charge in [-0.2, -0.15) is 0 Å². The predicted octanol–water partition coefficient (Wildman–Crippen LogP) is 2.69. The third-order valence-electron chi connectivity index (χ3n) is 2.94. The summed E-state index contributed by atoms with van der Waals surface area (Å²) in [4.78, 5) is 0. The second-order valence-electron chi connectivity index (χ2n) is 4.58. The van der Waals surface area contributed by atoms with Gasteiger partial charge in [-0.1, -0.05) is 17.4 Å². The molecule has 5 nitrogen and oxygen atoms in total. The smallest absolute Gasteiger partial charge is 0.150 e. The predicted molar refractivity (Wildman–Crippen MR) is 75.5 cm³/mol. The highest BCUT2D eigenvalue weighted by Crippen LogP contribution is 2.11. The third kappa shape index (κ3) is 3.89. The van der Waals surface area contributed by atoms with Crippen LogP contribution in [-0.4, -0.2) is 24.7 Å². The Labute approximate surface area is 117 Å². The van der Waals surface area contributed by atoms with Gasteiger partial charge in [0.05, 0.1) is 5.69 Å². The molecule has 19 heavy (non-hydrogen) atoms. The molecule has 0 aliphatic carbocycles. The summed E-state index contributed by atoms with van der Waals surface area (Å²) < 4.78 is 4.29. The van der Waals surface area contributed by atoms with Crippen molar-refractivity contribution in [3.05, 3.63) is 34.9 Å². The van der Waals surface area contributed by atoms with Crippen LogP contribution in [0.5, 0.6) is 5.75 Å². The molecule has 2 rings (SSSR count). The Morgan fingerprint density at radius 2 is 2.05 bits per heavy atom. The molecule has 0 fully saturated rings. The van der Waals surface area contributed by atoms with Crippen LogP contribution in [0.2, 0.25) is 0 Å². The van der Waals surface area contributed by atoms with Crippen LogP contribution < -0.4 is 0 Å². The van der Waals surface area contributed by atoms with Crippen LogP contribution in [0.1, 0.15) is 25.0 Å². The fourth-order valence-electron chi connectivity index (χ4n) is 1.94. The van der Waals surface area contributed by atoms with Crippen molar-refractivity contribution < 1.29 is 5.11 Å². The normalized spacial score (nSPS) is 10.8. The van der Waals surface area contributed by atoms with E-state index in [1.54, 1.807) is 6.07 Å². The molecule has 0 atom stereocenters. The van der Waals surface area contributed by atoms with Crippen LogP contribution in [0.25, 0.3) is 0 Å². The molecular weight excluding hydrogens is 260 g/mol. The molecule has 102 valence electrons. The number of nitrogens with zero attached hydrogens (tertiary/aromatic N) is 4. The lowest BCUT2D eigenvalue weighted by molar-refractivity contribution is 0.457. The molecule has 0 saturated carbocycles. The molecule has 0 aliphatic heterocycles. The number of aryl methyl sites for hydroxylation is 3. The van der Waals surface area contributed by atoms with Crippen molar-refractivity contribution in [3.63, 3.8) is 0 Å². The van der Waals surface area contributed by atoms with Gasteiger partial charge in [-0.05, 0) is 38.3 Å². The molecule has 2 heterocycles. The molecule has 0 amide bonds. The van der Waals surface area contributed by atoms with E-state index in [0.717, 1.165) is 38.0 Å². The maximum atomic E-state index is 9.51. The van der Waals surface area contributed by atoms with E-state index in [0.29, 0.717) is 4.64 Å². The van der Waals surface area contributed by atoms with Gasteiger partial charge in [-0.3, -0.25) is 4.68 Å². The van der Waals surface area contributed by atoms with Crippen molar-refractivity contribution in [1.29, 1.82) is 0 Å². The number of hydrogen-bond acceptors (Lipinski definition) is 4. The van der Waals surface area contributed by atoms with Crippen LogP contribution in [0.3, 0.4) is 0 Å². The number of aromatic hydroxyl groups is 1. The lowest BCUT2D eigenvalue weighted by Crippen LogP contribution is -2.02. The number of aromatic nitrogens is 4. The maximum Gasteiger partial charge on any atom is 0.150 e. The number of rotatable bonds is 6. The molecule has 0 aromatic carbocycles. The van der Waals surface area contributed by atoms with Gasteiger partial charge in [0.2, 0.25) is 0 Å². The van der Waals surface area contributed by atoms with Crippen molar-refractivity contribution in [2.24, 2.45) is 0 Å². The molecule has 0 unspecified atom stereocenters. The molecule has 0 bridgehead atoms. The monoisotopic (exact) mass is 278 g/mol. The molecule has 0 saturated heterocycles. The maximum absolute atomic E-state index is 9.51. The first-order valence-electron chi connectivity index (χ1n) is 6.42. The van der Waals surface area contributed by atoms with Gasteiger partial charge in [0.15, 0.2) is 0 Å². The highest BCUT2D eigenvalue weighted by Gasteiger charge is 1.98. The lowest BCUT2D eigenvalue weighted by atomic mass is 10.2. The molecule has 0 radical (unpaired) electrons. The zero-order valence-corrected chi connectivity index (χ0v) is 11.8. The summed E-state index contributed by atoms with van der Waals surface area (Å²) in [5, 5.41) is 17.5. The van der Waals surface area contributed by atoms with E-state index >= 15 is 0 Å². The first-order valence-corrected chi connectivity index (χ1v) is 6.83. The second-order valence-corrected chi connectivity index (χ2v) is 4.96. The number of unbranched alkanes of at least 4 members (excludes halogenated alkanes) is 2. The fourth-order valence-corrected chi connectivity index (χ4v) is 2.16. The first kappa shape index (κ1) is 13.7. The Hall–Kier alpha value is -1.69. The molecule has 0 spiro atoms. The third-order valence-corrected chi connectivity index (χ3v) is 3.38. The number of hydrogen-bond donors (Lipinski definition) is 1. The van der Waals surface area contributed by atoms with E-state index in [4.69, 9.17) is 12.2 Å². The largest absolute Gasteiger partial charge is 0.505 e. The second kappa shape index (κ2) is 6.47. The van der Waals surface area contributed by atoms with E-state index in [1.807, 2.05) is 34.6 Å². The van der Waals surface area contributed by atoms with E-state index < -0.39 is 0 Å². The molecule has 2 aromatic heterocycles. The molecule has 1 N–H and O–H groups in total. The topological polar surface area (TPSA) is 55.9 Å². The van der Waals surface area contributed by atoms with Gasteiger partial charge in [-0.25, -0.2) is 0 Å². The summed E-state index contributed by atoms with van der Waals surface area (Å²) in [6, 6.07) is 3.43. The Morgan fingerprint density at radius 3 is 2.79 bits per heavy atom. The Bertz CT molecular complexity index is 590. The quantitative estimate of drug-likeness (QED) is 0.652. The minimum absolute atomic E-state index is 0.176. The van der Waals surface area contributed by atoms with Gasteiger partial charge in [0.1, 0.15) is 10.4 Å². The average Bonchev–Trinajstić information content (AvgIpc) is 2.80. The highest BCUT2D eigenvalue weighted by molar-refractivity contribution is 7.71. The van der Waals surface area contributed by atoms with E-state index in [-0.39, 0.29) is 5.75 Å². The van der Waals surface area contributed by atoms with Gasteiger partial charge in [0.25, 0.3) is 0 Å². The fraction of sp³-hybridized carbons (Fsp3) is 0.462. The summed E-state index contributed by atoms with van der Waals surface area (Å²) >= 11 is 5.14. The summed E-state index contributed by atoms with van der Waals surface area (Å²) in [6.07, 6.45) is 7.05. The molecule has 2 aromatic rings. The van der Waals surface area contributed by atoms with Gasteiger partial charge in [-0.15, -0.1) is 5.10 Å². The van der Waals surface area contributed by atoms with Crippen molar-refractivity contribution in [1.82, 2.24) is 19.6 Å². The zero-order chi connectivity index (χ0) is 13.7. The Morgan fingerprint density at radius 1 is 1.26 bits per heavy atom. The van der Waals surface area contributed by atoms with Crippen LogP contribution in [-0.2, 0) is 13.1 Å². The summed E-state index contributed by atoms with van der Waals surface area (Å²) in [5.74, 6) is 0.176. The van der Waals surface area contributed by atoms with E-state index in [9.17, 15) is 5.11 Å². The van der Waals surface area contributed by atoms with E-state index in [2.05, 4.69) is 10.3 Å².